The minimum absolute atomic E-state index is 0.933. The number of hydrogen-bond acceptors (Lipinski definition) is 2. The quantitative estimate of drug-likeness (QED) is 0.420. The smallest absolute Gasteiger partial charge is 0.195 e. The molecule has 0 saturated heterocycles. The molecule has 0 aliphatic heterocycles. The summed E-state index contributed by atoms with van der Waals surface area (Å²) in [5.41, 5.74) is 0. The fourth-order valence-electron chi connectivity index (χ4n) is 1.02. The second-order valence-corrected chi connectivity index (χ2v) is 3.32. The molecule has 0 rings (SSSR count). The van der Waals surface area contributed by atoms with Crippen molar-refractivity contribution in [2.45, 2.75) is 19.8 Å². The molecule has 0 aliphatic rings. The molecule has 0 fully saturated rings. The predicted molar refractivity (Wildman–Crippen MR) is 62.7 cm³/mol. The average Bonchev–Trinajstić information content (AvgIpc) is 2.14. The lowest BCUT2D eigenvalue weighted by Gasteiger charge is -2.22. The number of aliphatic imine (C=N–C) groups is 1. The summed E-state index contributed by atoms with van der Waals surface area (Å²) in [5.74, 6) is 1.04. The van der Waals surface area contributed by atoms with E-state index in [0.717, 1.165) is 19.6 Å². The molecule has 0 aliphatic carbocycles. The second-order valence-electron chi connectivity index (χ2n) is 3.32. The lowest BCUT2D eigenvalue weighted by atomic mass is 10.3. The van der Waals surface area contributed by atoms with Gasteiger partial charge < -0.3 is 14.9 Å². The maximum absolute atomic E-state index is 7.00. The molecule has 0 bridgehead atoms. The third kappa shape index (κ3) is 7.86. The van der Waals surface area contributed by atoms with Gasteiger partial charge in [-0.25, -0.2) is 0 Å². The van der Waals surface area contributed by atoms with Crippen LogP contribution in [0.2, 0.25) is 0 Å². The van der Waals surface area contributed by atoms with E-state index in [1.807, 2.05) is 38.0 Å². The number of nitrogens with zero attached hydrogens (tertiary/aromatic N) is 3. The van der Waals surface area contributed by atoms with E-state index in [2.05, 4.69) is 11.9 Å². The number of guanidine groups is 1. The lowest BCUT2D eigenvalue weighted by Crippen LogP contribution is -2.35. The van der Waals surface area contributed by atoms with Crippen LogP contribution in [0.15, 0.2) is 4.99 Å². The standard InChI is InChI=1S/C9H21N3.CH4O/c1-6-7-8-10-9(11(2)3)12(4)5;1-2/h6-8H2,1-5H3;2H,1H3. The van der Waals surface area contributed by atoms with Crippen molar-refractivity contribution < 1.29 is 5.11 Å². The van der Waals surface area contributed by atoms with Gasteiger partial charge in [-0.1, -0.05) is 13.3 Å². The molecule has 0 spiro atoms. The van der Waals surface area contributed by atoms with E-state index >= 15 is 0 Å². The third-order valence-electron chi connectivity index (χ3n) is 1.56. The summed E-state index contributed by atoms with van der Waals surface area (Å²) in [6, 6.07) is 0. The molecule has 4 nitrogen and oxygen atoms in total. The van der Waals surface area contributed by atoms with Crippen LogP contribution < -0.4 is 0 Å². The first-order valence-corrected chi connectivity index (χ1v) is 4.93. The first-order valence-electron chi connectivity index (χ1n) is 4.93. The zero-order chi connectivity index (χ0) is 11.6. The highest BCUT2D eigenvalue weighted by atomic mass is 16.2. The Balaban J connectivity index is 0. The minimum atomic E-state index is 0.933. The van der Waals surface area contributed by atoms with Gasteiger partial charge in [0.1, 0.15) is 0 Å². The molecule has 4 heteroatoms. The van der Waals surface area contributed by atoms with E-state index < -0.39 is 0 Å². The molecule has 14 heavy (non-hydrogen) atoms. The van der Waals surface area contributed by atoms with Crippen molar-refractivity contribution in [3.63, 3.8) is 0 Å². The van der Waals surface area contributed by atoms with E-state index in [9.17, 15) is 0 Å². The minimum Gasteiger partial charge on any atom is -0.400 e. The number of rotatable bonds is 3. The Hall–Kier alpha value is -0.770. The van der Waals surface area contributed by atoms with E-state index in [1.54, 1.807) is 0 Å². The summed E-state index contributed by atoms with van der Waals surface area (Å²) >= 11 is 0. The predicted octanol–water partition coefficient (Wildman–Crippen LogP) is 0.874. The Kier molecular flexibility index (Phi) is 11.6. The van der Waals surface area contributed by atoms with Gasteiger partial charge in [0, 0.05) is 41.8 Å². The zero-order valence-corrected chi connectivity index (χ0v) is 10.4. The zero-order valence-electron chi connectivity index (χ0n) is 10.4. The number of aliphatic hydroxyl groups excluding tert-OH is 1. The molecule has 86 valence electrons. The van der Waals surface area contributed by atoms with Crippen LogP contribution in [0, 0.1) is 0 Å². The third-order valence-corrected chi connectivity index (χ3v) is 1.56. The maximum Gasteiger partial charge on any atom is 0.195 e. The Morgan fingerprint density at radius 2 is 1.50 bits per heavy atom. The van der Waals surface area contributed by atoms with Crippen LogP contribution in [0.5, 0.6) is 0 Å². The molecule has 0 radical (unpaired) electrons. The highest BCUT2D eigenvalue weighted by molar-refractivity contribution is 5.79. The van der Waals surface area contributed by atoms with E-state index in [-0.39, 0.29) is 0 Å². The topological polar surface area (TPSA) is 39.1 Å². The SMILES string of the molecule is CCCCN=C(N(C)C)N(C)C.CO. The van der Waals surface area contributed by atoms with Crippen molar-refractivity contribution in [1.82, 2.24) is 9.80 Å². The average molecular weight is 203 g/mol. The van der Waals surface area contributed by atoms with Crippen LogP contribution in [0.4, 0.5) is 0 Å². The van der Waals surface area contributed by atoms with Gasteiger partial charge in [0.2, 0.25) is 0 Å². The normalized spacial score (nSPS) is 8.50. The Bertz CT molecular complexity index is 134. The molecular weight excluding hydrogens is 178 g/mol. The largest absolute Gasteiger partial charge is 0.400 e. The van der Waals surface area contributed by atoms with Gasteiger partial charge in [0.15, 0.2) is 5.96 Å². The Morgan fingerprint density at radius 3 is 1.79 bits per heavy atom. The van der Waals surface area contributed by atoms with Crippen LogP contribution in [0.25, 0.3) is 0 Å². The van der Waals surface area contributed by atoms with Crippen molar-refractivity contribution in [3.8, 4) is 0 Å². The van der Waals surface area contributed by atoms with Crippen LogP contribution in [-0.2, 0) is 0 Å². The van der Waals surface area contributed by atoms with Crippen molar-refractivity contribution in [2.75, 3.05) is 41.8 Å². The van der Waals surface area contributed by atoms with Gasteiger partial charge in [0.05, 0.1) is 0 Å². The Labute approximate surface area is 88.2 Å². The molecular formula is C10H25N3O. The van der Waals surface area contributed by atoms with Gasteiger partial charge in [-0.3, -0.25) is 4.99 Å². The van der Waals surface area contributed by atoms with Crippen LogP contribution >= 0.6 is 0 Å². The molecule has 0 unspecified atom stereocenters. The lowest BCUT2D eigenvalue weighted by molar-refractivity contribution is 0.399. The molecule has 0 heterocycles. The van der Waals surface area contributed by atoms with E-state index in [1.165, 1.54) is 12.8 Å². The first-order chi connectivity index (χ1) is 6.59. The van der Waals surface area contributed by atoms with Gasteiger partial charge >= 0.3 is 0 Å². The van der Waals surface area contributed by atoms with Crippen LogP contribution in [-0.4, -0.2) is 62.7 Å². The van der Waals surface area contributed by atoms with Crippen molar-refractivity contribution in [2.24, 2.45) is 4.99 Å². The van der Waals surface area contributed by atoms with Gasteiger partial charge in [-0.05, 0) is 6.42 Å². The summed E-state index contributed by atoms with van der Waals surface area (Å²) in [5, 5.41) is 7.00. The molecule has 1 N–H and O–H groups in total. The summed E-state index contributed by atoms with van der Waals surface area (Å²) in [6.07, 6.45) is 2.38. The molecule has 0 aromatic carbocycles. The van der Waals surface area contributed by atoms with Crippen LogP contribution in [0.1, 0.15) is 19.8 Å². The van der Waals surface area contributed by atoms with Gasteiger partial charge in [-0.2, -0.15) is 0 Å². The monoisotopic (exact) mass is 203 g/mol. The Morgan fingerprint density at radius 1 is 1.07 bits per heavy atom. The summed E-state index contributed by atoms with van der Waals surface area (Å²) in [7, 11) is 9.07. The van der Waals surface area contributed by atoms with E-state index in [4.69, 9.17) is 5.11 Å². The summed E-state index contributed by atoms with van der Waals surface area (Å²) in [6.45, 7) is 3.11. The fourth-order valence-corrected chi connectivity index (χ4v) is 1.02. The molecule has 0 saturated carbocycles. The first kappa shape index (κ1) is 15.7. The maximum atomic E-state index is 7.00. The molecule has 0 amide bonds. The van der Waals surface area contributed by atoms with Gasteiger partial charge in [-0.15, -0.1) is 0 Å². The van der Waals surface area contributed by atoms with Crippen molar-refractivity contribution in [1.29, 1.82) is 0 Å². The van der Waals surface area contributed by atoms with Crippen molar-refractivity contribution in [3.05, 3.63) is 0 Å². The number of unbranched alkanes of at least 4 members (excludes halogenated alkanes) is 1. The fraction of sp³-hybridized carbons (Fsp3) is 0.900. The summed E-state index contributed by atoms with van der Waals surface area (Å²) in [4.78, 5) is 8.56. The molecule has 0 aromatic heterocycles. The van der Waals surface area contributed by atoms with Crippen LogP contribution in [0.3, 0.4) is 0 Å². The number of hydrogen-bond donors (Lipinski definition) is 1. The van der Waals surface area contributed by atoms with Gasteiger partial charge in [0.25, 0.3) is 0 Å². The van der Waals surface area contributed by atoms with Crippen molar-refractivity contribution >= 4 is 5.96 Å². The highest BCUT2D eigenvalue weighted by Crippen LogP contribution is 1.92. The molecule has 0 aromatic rings. The summed E-state index contributed by atoms with van der Waals surface area (Å²) < 4.78 is 0. The molecule has 0 atom stereocenters. The number of aliphatic hydroxyl groups is 1. The van der Waals surface area contributed by atoms with E-state index in [0.29, 0.717) is 0 Å². The second kappa shape index (κ2) is 10.3. The highest BCUT2D eigenvalue weighted by Gasteiger charge is 2.01.